The number of carbonyl (C=O) groups is 2. The molecule has 0 spiro atoms. The van der Waals surface area contributed by atoms with Gasteiger partial charge in [0.1, 0.15) is 5.92 Å². The number of hydrogen-bond donors (Lipinski definition) is 1. The van der Waals surface area contributed by atoms with E-state index in [1.54, 1.807) is 12.1 Å². The number of benzene rings is 1. The second-order valence-electron chi connectivity index (χ2n) is 4.18. The largest absolute Gasteiger partial charge is 0.412 e. The topological polar surface area (TPSA) is 80.9 Å². The summed E-state index contributed by atoms with van der Waals surface area (Å²) < 4.78 is 0. The molecule has 1 saturated heterocycles. The number of nitrogens with one attached hydrogen (secondary N) is 1. The normalized spacial score (nSPS) is 18.5. The molecule has 1 heterocycles. The van der Waals surface area contributed by atoms with Crippen molar-refractivity contribution < 1.29 is 15.1 Å². The lowest BCUT2D eigenvalue weighted by molar-refractivity contribution is -0.127. The van der Waals surface area contributed by atoms with Gasteiger partial charge in [-0.25, -0.2) is 5.01 Å². The van der Waals surface area contributed by atoms with Gasteiger partial charge in [0.2, 0.25) is 0 Å². The van der Waals surface area contributed by atoms with Gasteiger partial charge < -0.3 is 5.48 Å². The monoisotopic (exact) mass is 250 g/mol. The van der Waals surface area contributed by atoms with Crippen molar-refractivity contribution in [3.63, 3.8) is 0 Å². The molecular weight excluding hydrogens is 232 g/mol. The Labute approximate surface area is 106 Å². The molecule has 0 aliphatic carbocycles. The Morgan fingerprint density at radius 2 is 1.89 bits per heavy atom. The number of amides is 2. The molecule has 5 heteroatoms. The number of unbranched alkanes of at least 4 members (excludes halogenated alkanes) is 1. The van der Waals surface area contributed by atoms with Crippen molar-refractivity contribution in [2.45, 2.75) is 26.2 Å². The summed E-state index contributed by atoms with van der Waals surface area (Å²) in [7, 11) is 0. The maximum Gasteiger partial charge on any atom is 0.258 e. The van der Waals surface area contributed by atoms with Crippen molar-refractivity contribution in [3.05, 3.63) is 30.3 Å². The summed E-state index contributed by atoms with van der Waals surface area (Å²) in [5, 5.41) is 1.35. The minimum absolute atomic E-state index is 0. The van der Waals surface area contributed by atoms with Crippen LogP contribution in [-0.4, -0.2) is 17.3 Å². The average molecular weight is 250 g/mol. The van der Waals surface area contributed by atoms with Crippen molar-refractivity contribution in [3.8, 4) is 0 Å². The summed E-state index contributed by atoms with van der Waals surface area (Å²) in [5.74, 6) is -0.850. The highest BCUT2D eigenvalue weighted by Gasteiger charge is 2.39. The van der Waals surface area contributed by atoms with Crippen molar-refractivity contribution in [2.75, 3.05) is 5.01 Å². The summed E-state index contributed by atoms with van der Waals surface area (Å²) in [6, 6.07) is 9.17. The lowest BCUT2D eigenvalue weighted by atomic mass is 10.0. The molecule has 3 N–H and O–H groups in total. The summed E-state index contributed by atoms with van der Waals surface area (Å²) in [4.78, 5) is 23.8. The van der Waals surface area contributed by atoms with E-state index < -0.39 is 5.92 Å². The van der Waals surface area contributed by atoms with E-state index in [0.717, 1.165) is 12.8 Å². The van der Waals surface area contributed by atoms with Crippen LogP contribution in [0.5, 0.6) is 0 Å². The van der Waals surface area contributed by atoms with Crippen LogP contribution in [0.2, 0.25) is 0 Å². The van der Waals surface area contributed by atoms with E-state index in [1.807, 2.05) is 25.1 Å². The second kappa shape index (κ2) is 6.16. The van der Waals surface area contributed by atoms with E-state index in [2.05, 4.69) is 5.43 Å². The Balaban J connectivity index is 0.00000162. The first-order chi connectivity index (χ1) is 8.24. The average Bonchev–Trinajstić information content (AvgIpc) is 2.64. The zero-order valence-corrected chi connectivity index (χ0v) is 10.3. The molecule has 0 radical (unpaired) electrons. The molecule has 2 rings (SSSR count). The molecule has 1 aliphatic heterocycles. The molecule has 1 fully saturated rings. The molecule has 1 aliphatic rings. The van der Waals surface area contributed by atoms with Gasteiger partial charge in [0.25, 0.3) is 11.8 Å². The molecular formula is C13H18N2O3. The molecule has 1 aromatic rings. The van der Waals surface area contributed by atoms with Crippen LogP contribution in [0.1, 0.15) is 26.2 Å². The number of para-hydroxylation sites is 1. The lowest BCUT2D eigenvalue weighted by Crippen LogP contribution is -2.35. The summed E-state index contributed by atoms with van der Waals surface area (Å²) in [5.41, 5.74) is 3.34. The molecule has 1 atom stereocenters. The van der Waals surface area contributed by atoms with Crippen LogP contribution in [-0.2, 0) is 9.59 Å². The van der Waals surface area contributed by atoms with E-state index in [9.17, 15) is 9.59 Å². The van der Waals surface area contributed by atoms with Gasteiger partial charge in [-0.15, -0.1) is 0 Å². The quantitative estimate of drug-likeness (QED) is 0.810. The molecule has 1 unspecified atom stereocenters. The highest BCUT2D eigenvalue weighted by Crippen LogP contribution is 2.22. The van der Waals surface area contributed by atoms with E-state index in [1.165, 1.54) is 5.01 Å². The third kappa shape index (κ3) is 2.68. The molecule has 98 valence electrons. The Bertz CT molecular complexity index is 420. The minimum atomic E-state index is -0.518. The van der Waals surface area contributed by atoms with Crippen LogP contribution >= 0.6 is 0 Å². The van der Waals surface area contributed by atoms with Crippen molar-refractivity contribution in [2.24, 2.45) is 5.92 Å². The van der Waals surface area contributed by atoms with Crippen molar-refractivity contribution >= 4 is 17.5 Å². The number of nitrogens with zero attached hydrogens (tertiary/aromatic N) is 1. The van der Waals surface area contributed by atoms with Gasteiger partial charge in [-0.3, -0.25) is 15.0 Å². The fraction of sp³-hybridized carbons (Fsp3) is 0.385. The predicted molar refractivity (Wildman–Crippen MR) is 68.7 cm³/mol. The van der Waals surface area contributed by atoms with Gasteiger partial charge in [0.05, 0.1) is 5.69 Å². The highest BCUT2D eigenvalue weighted by molar-refractivity contribution is 6.14. The SMILES string of the molecule is CCCCC1C(=O)NN(c2ccccc2)C1=O.O. The molecule has 0 aromatic heterocycles. The smallest absolute Gasteiger partial charge is 0.258 e. The summed E-state index contributed by atoms with van der Waals surface area (Å²) in [6.07, 6.45) is 2.51. The second-order valence-corrected chi connectivity index (χ2v) is 4.18. The van der Waals surface area contributed by atoms with E-state index in [0.29, 0.717) is 12.1 Å². The van der Waals surface area contributed by atoms with Gasteiger partial charge in [-0.1, -0.05) is 38.0 Å². The van der Waals surface area contributed by atoms with Crippen LogP contribution in [0, 0.1) is 5.92 Å². The van der Waals surface area contributed by atoms with Crippen molar-refractivity contribution in [1.29, 1.82) is 0 Å². The number of rotatable bonds is 4. The van der Waals surface area contributed by atoms with Crippen LogP contribution in [0.25, 0.3) is 0 Å². The summed E-state index contributed by atoms with van der Waals surface area (Å²) >= 11 is 0. The standard InChI is InChI=1S/C13H16N2O2.H2O/c1-2-3-9-11-12(16)14-15(13(11)17)10-7-5-4-6-8-10;/h4-8,11H,2-3,9H2,1H3,(H,14,16);1H2. The molecule has 5 nitrogen and oxygen atoms in total. The van der Waals surface area contributed by atoms with Gasteiger partial charge in [-0.2, -0.15) is 0 Å². The number of hydrogen-bond acceptors (Lipinski definition) is 2. The number of carbonyl (C=O) groups excluding carboxylic acids is 2. The first kappa shape index (κ1) is 14.2. The van der Waals surface area contributed by atoms with Crippen molar-refractivity contribution in [1.82, 2.24) is 5.43 Å². The highest BCUT2D eigenvalue weighted by atomic mass is 16.2. The fourth-order valence-corrected chi connectivity index (χ4v) is 1.94. The summed E-state index contributed by atoms with van der Waals surface area (Å²) in [6.45, 7) is 2.05. The predicted octanol–water partition coefficient (Wildman–Crippen LogP) is 1.05. The maximum atomic E-state index is 12.1. The lowest BCUT2D eigenvalue weighted by Gasteiger charge is -2.14. The molecule has 0 bridgehead atoms. The van der Waals surface area contributed by atoms with Gasteiger partial charge in [-0.05, 0) is 18.6 Å². The Morgan fingerprint density at radius 1 is 1.22 bits per heavy atom. The Hall–Kier alpha value is -1.88. The molecule has 2 amide bonds. The van der Waals surface area contributed by atoms with Gasteiger partial charge >= 0.3 is 0 Å². The van der Waals surface area contributed by atoms with E-state index in [-0.39, 0.29) is 17.3 Å². The third-order valence-electron chi connectivity index (χ3n) is 2.92. The van der Waals surface area contributed by atoms with E-state index >= 15 is 0 Å². The number of anilines is 1. The minimum Gasteiger partial charge on any atom is -0.412 e. The fourth-order valence-electron chi connectivity index (χ4n) is 1.94. The van der Waals surface area contributed by atoms with Crippen LogP contribution in [0.4, 0.5) is 5.69 Å². The van der Waals surface area contributed by atoms with Crippen LogP contribution in [0.15, 0.2) is 30.3 Å². The maximum absolute atomic E-state index is 12.1. The number of hydrazine groups is 1. The van der Waals surface area contributed by atoms with E-state index in [4.69, 9.17) is 0 Å². The zero-order valence-electron chi connectivity index (χ0n) is 10.3. The molecule has 1 aromatic carbocycles. The first-order valence-corrected chi connectivity index (χ1v) is 5.93. The Kier molecular flexibility index (Phi) is 4.85. The molecule has 0 saturated carbocycles. The molecule has 18 heavy (non-hydrogen) atoms. The van der Waals surface area contributed by atoms with Gasteiger partial charge in [0, 0.05) is 0 Å². The zero-order chi connectivity index (χ0) is 12.3. The third-order valence-corrected chi connectivity index (χ3v) is 2.92. The first-order valence-electron chi connectivity index (χ1n) is 5.93. The Morgan fingerprint density at radius 3 is 2.50 bits per heavy atom. The van der Waals surface area contributed by atoms with Crippen LogP contribution < -0.4 is 10.4 Å². The van der Waals surface area contributed by atoms with Crippen LogP contribution in [0.3, 0.4) is 0 Å². The van der Waals surface area contributed by atoms with Gasteiger partial charge in [0.15, 0.2) is 0 Å².